The van der Waals surface area contributed by atoms with E-state index in [0.29, 0.717) is 24.4 Å². The summed E-state index contributed by atoms with van der Waals surface area (Å²) < 4.78 is 11.7. The molecular weight excluding hydrogens is 344 g/mol. The van der Waals surface area contributed by atoms with Crippen LogP contribution in [-0.4, -0.2) is 44.0 Å². The molecule has 1 aliphatic heterocycles. The van der Waals surface area contributed by atoms with Gasteiger partial charge in [0.05, 0.1) is 7.05 Å². The molecule has 2 N–H and O–H groups in total. The number of rotatable bonds is 6. The van der Waals surface area contributed by atoms with Gasteiger partial charge in [0.25, 0.3) is 5.91 Å². The largest absolute Gasteiger partial charge is 0.486 e. The molecule has 3 atom stereocenters. The highest BCUT2D eigenvalue weighted by molar-refractivity contribution is 5.96. The van der Waals surface area contributed by atoms with E-state index in [2.05, 4.69) is 5.32 Å². The molecule has 0 saturated heterocycles. The van der Waals surface area contributed by atoms with Crippen molar-refractivity contribution < 1.29 is 24.0 Å². The number of amides is 1. The fourth-order valence-electron chi connectivity index (χ4n) is 2.96. The number of benzene rings is 2. The molecule has 0 aliphatic carbocycles. The van der Waals surface area contributed by atoms with Gasteiger partial charge < -0.3 is 19.7 Å². The molecule has 0 aromatic heterocycles. The van der Waals surface area contributed by atoms with Gasteiger partial charge in [-0.2, -0.15) is 0 Å². The van der Waals surface area contributed by atoms with Crippen LogP contribution >= 0.6 is 0 Å². The summed E-state index contributed by atoms with van der Waals surface area (Å²) in [6, 6.07) is 14.2. The van der Waals surface area contributed by atoms with E-state index in [1.54, 1.807) is 24.3 Å². The number of likely N-dealkylation sites (N-methyl/N-ethyl adjacent to an activating group) is 1. The van der Waals surface area contributed by atoms with E-state index in [1.807, 2.05) is 38.2 Å². The van der Waals surface area contributed by atoms with Gasteiger partial charge in [0.2, 0.25) is 0 Å². The van der Waals surface area contributed by atoms with E-state index in [4.69, 9.17) is 9.47 Å². The second kappa shape index (κ2) is 8.22. The van der Waals surface area contributed by atoms with Crippen molar-refractivity contribution >= 4 is 17.4 Å². The second-order valence-electron chi connectivity index (χ2n) is 6.89. The first-order chi connectivity index (χ1) is 12.9. The van der Waals surface area contributed by atoms with Crippen LogP contribution in [0.1, 0.15) is 24.2 Å². The first kappa shape index (κ1) is 18.9. The van der Waals surface area contributed by atoms with Gasteiger partial charge in [0.1, 0.15) is 13.2 Å². The molecule has 1 amide bonds. The number of anilines is 1. The monoisotopic (exact) mass is 369 g/mol. The van der Waals surface area contributed by atoms with E-state index < -0.39 is 0 Å². The summed E-state index contributed by atoms with van der Waals surface area (Å²) in [7, 11) is 1.97. The Hall–Kier alpha value is -2.86. The van der Waals surface area contributed by atoms with Crippen molar-refractivity contribution in [3.05, 3.63) is 54.1 Å². The summed E-state index contributed by atoms with van der Waals surface area (Å²) in [5.41, 5.74) is 1.30. The topological polar surface area (TPSA) is 69.1 Å². The van der Waals surface area contributed by atoms with Gasteiger partial charge in [-0.05, 0) is 50.2 Å². The number of Topliss-reactive ketones (excluding diaryl/α,β-unsaturated/α-hetero) is 1. The minimum absolute atomic E-state index is 0.00157. The molecule has 6 heteroatoms. The van der Waals surface area contributed by atoms with Crippen LogP contribution in [0.4, 0.5) is 5.69 Å². The van der Waals surface area contributed by atoms with Crippen LogP contribution in [0.15, 0.2) is 48.5 Å². The number of ketones is 1. The van der Waals surface area contributed by atoms with Gasteiger partial charge in [-0.15, -0.1) is 0 Å². The highest BCUT2D eigenvalue weighted by atomic mass is 16.6. The summed E-state index contributed by atoms with van der Waals surface area (Å²) in [4.78, 5) is 24.9. The van der Waals surface area contributed by atoms with Crippen molar-refractivity contribution in [2.24, 2.45) is 0 Å². The van der Waals surface area contributed by atoms with Crippen LogP contribution in [0.25, 0.3) is 0 Å². The average molecular weight is 369 g/mol. The third-order valence-electron chi connectivity index (χ3n) is 4.81. The van der Waals surface area contributed by atoms with Gasteiger partial charge in [-0.1, -0.05) is 12.1 Å². The van der Waals surface area contributed by atoms with Gasteiger partial charge >= 0.3 is 0 Å². The highest BCUT2D eigenvalue weighted by Gasteiger charge is 2.28. The smallest absolute Gasteiger partial charge is 0.282 e. The summed E-state index contributed by atoms with van der Waals surface area (Å²) in [5, 5.41) is 2.90. The molecule has 1 unspecified atom stereocenters. The fourth-order valence-corrected chi connectivity index (χ4v) is 2.96. The Morgan fingerprint density at radius 1 is 1.15 bits per heavy atom. The molecule has 0 bridgehead atoms. The zero-order valence-corrected chi connectivity index (χ0v) is 15.8. The van der Waals surface area contributed by atoms with Crippen LogP contribution in [-0.2, 0) is 4.79 Å². The normalized spacial score (nSPS) is 17.7. The van der Waals surface area contributed by atoms with E-state index in [-0.39, 0.29) is 23.8 Å². The molecule has 2 aromatic rings. The maximum Gasteiger partial charge on any atom is 0.282 e. The molecule has 0 fully saturated rings. The molecular formula is C21H25N2O4+. The number of para-hydroxylation sites is 2. The van der Waals surface area contributed by atoms with E-state index in [9.17, 15) is 9.59 Å². The van der Waals surface area contributed by atoms with E-state index in [1.165, 1.54) is 6.92 Å². The van der Waals surface area contributed by atoms with Crippen LogP contribution < -0.4 is 19.7 Å². The Labute approximate surface area is 159 Å². The van der Waals surface area contributed by atoms with Crippen LogP contribution in [0.2, 0.25) is 0 Å². The molecule has 0 saturated carbocycles. The lowest BCUT2D eigenvalue weighted by molar-refractivity contribution is -0.896. The van der Waals surface area contributed by atoms with E-state index in [0.717, 1.165) is 16.4 Å². The van der Waals surface area contributed by atoms with Crippen LogP contribution in [0.3, 0.4) is 0 Å². The predicted molar refractivity (Wildman–Crippen MR) is 103 cm³/mol. The minimum atomic E-state index is -0.266. The third kappa shape index (κ3) is 4.65. The van der Waals surface area contributed by atoms with Gasteiger partial charge in [0.15, 0.2) is 29.4 Å². The van der Waals surface area contributed by atoms with Crippen molar-refractivity contribution in [2.45, 2.75) is 26.0 Å². The quantitative estimate of drug-likeness (QED) is 0.759. The van der Waals surface area contributed by atoms with Crippen molar-refractivity contribution in [3.63, 3.8) is 0 Å². The Kier molecular flexibility index (Phi) is 5.76. The fraction of sp³-hybridized carbons (Fsp3) is 0.333. The van der Waals surface area contributed by atoms with Crippen molar-refractivity contribution in [2.75, 3.05) is 25.5 Å². The molecule has 1 heterocycles. The Morgan fingerprint density at radius 3 is 2.48 bits per heavy atom. The number of quaternary nitrogens is 1. The molecule has 3 rings (SSSR count). The van der Waals surface area contributed by atoms with Gasteiger partial charge in [-0.25, -0.2) is 0 Å². The molecule has 142 valence electrons. The Balaban J connectivity index is 1.54. The van der Waals surface area contributed by atoms with Gasteiger partial charge in [0, 0.05) is 11.3 Å². The number of carbonyl (C=O) groups excluding carboxylic acids is 2. The molecule has 1 aliphatic rings. The minimum Gasteiger partial charge on any atom is -0.486 e. The van der Waals surface area contributed by atoms with Crippen LogP contribution in [0, 0.1) is 0 Å². The lowest BCUT2D eigenvalue weighted by atomic mass is 10.1. The number of hydrogen-bond donors (Lipinski definition) is 2. The molecule has 0 spiro atoms. The number of carbonyl (C=O) groups is 2. The van der Waals surface area contributed by atoms with Crippen molar-refractivity contribution in [3.8, 4) is 11.5 Å². The number of hydrogen-bond acceptors (Lipinski definition) is 4. The predicted octanol–water partition coefficient (Wildman–Crippen LogP) is 1.57. The lowest BCUT2D eigenvalue weighted by Crippen LogP contribution is -3.15. The Bertz CT molecular complexity index is 819. The van der Waals surface area contributed by atoms with Crippen molar-refractivity contribution in [1.82, 2.24) is 0 Å². The van der Waals surface area contributed by atoms with Crippen molar-refractivity contribution in [1.29, 1.82) is 0 Å². The summed E-state index contributed by atoms with van der Waals surface area (Å²) in [5.74, 6) is 1.41. The standard InChI is InChI=1S/C21H24N2O4/c1-14(21(25)22-17-10-8-16(9-11-17)15(2)24)23(3)12-18-13-26-19-6-4-5-7-20(19)27-18/h4-11,14,18H,12-13H2,1-3H3,(H,22,25)/p+1/t14-,18-/m1/s1. The zero-order valence-electron chi connectivity index (χ0n) is 15.8. The first-order valence-corrected chi connectivity index (χ1v) is 9.06. The SMILES string of the molecule is CC(=O)c1ccc(NC(=O)[C@@H](C)[NH+](C)C[C@@H]2COc3ccccc3O2)cc1. The average Bonchev–Trinajstić information content (AvgIpc) is 2.67. The maximum absolute atomic E-state index is 12.5. The highest BCUT2D eigenvalue weighted by Crippen LogP contribution is 2.30. The second-order valence-corrected chi connectivity index (χ2v) is 6.89. The molecule has 27 heavy (non-hydrogen) atoms. The summed E-state index contributed by atoms with van der Waals surface area (Å²) >= 11 is 0. The summed E-state index contributed by atoms with van der Waals surface area (Å²) in [6.07, 6.45) is -0.106. The van der Waals surface area contributed by atoms with Gasteiger partial charge in [-0.3, -0.25) is 9.59 Å². The molecule has 6 nitrogen and oxygen atoms in total. The molecule has 0 radical (unpaired) electrons. The maximum atomic E-state index is 12.5. The zero-order chi connectivity index (χ0) is 19.4. The number of ether oxygens (including phenoxy) is 2. The molecule has 2 aromatic carbocycles. The Morgan fingerprint density at radius 2 is 1.81 bits per heavy atom. The number of nitrogens with one attached hydrogen (secondary N) is 2. The number of fused-ring (bicyclic) bond motifs is 1. The lowest BCUT2D eigenvalue weighted by Gasteiger charge is -2.29. The van der Waals surface area contributed by atoms with E-state index >= 15 is 0 Å². The summed E-state index contributed by atoms with van der Waals surface area (Å²) in [6.45, 7) is 4.51. The van der Waals surface area contributed by atoms with Crippen LogP contribution in [0.5, 0.6) is 11.5 Å². The third-order valence-corrected chi connectivity index (χ3v) is 4.81. The first-order valence-electron chi connectivity index (χ1n) is 9.06.